The molecule has 0 radical (unpaired) electrons. The highest BCUT2D eigenvalue weighted by Gasteiger charge is 2.30. The Morgan fingerprint density at radius 3 is 2.68 bits per heavy atom. The Balaban J connectivity index is 1.33. The molecule has 0 saturated carbocycles. The minimum atomic E-state index is -0.900. The Bertz CT molecular complexity index is 1320. The van der Waals surface area contributed by atoms with Gasteiger partial charge in [-0.1, -0.05) is 24.1 Å². The molecule has 6 nitrogen and oxygen atoms in total. The van der Waals surface area contributed by atoms with Gasteiger partial charge in [-0.3, -0.25) is 4.79 Å². The van der Waals surface area contributed by atoms with Gasteiger partial charge in [0, 0.05) is 29.8 Å². The largest absolute Gasteiger partial charge is 0.486 e. The predicted molar refractivity (Wildman–Crippen MR) is 136 cm³/mol. The number of pyridine rings is 1. The standard InChI is InChI=1S/C30H28FNO5/c1-2-3-20(16-29(33)34)19-4-7-22(8-5-19)36-27-12-10-25-24(9-11-26(31)30(25)27)21-6-13-28(32-17-21)37-23-14-15-35-18-23/h4-9,11,13,17,20,23,27H,10,12,14-16,18H2,1H3,(H,33,34)/t20-,23?,27?/m0/s1. The van der Waals surface area contributed by atoms with Crippen molar-refractivity contribution in [3.8, 4) is 34.6 Å². The van der Waals surface area contributed by atoms with Crippen molar-refractivity contribution in [3.63, 3.8) is 0 Å². The van der Waals surface area contributed by atoms with Gasteiger partial charge in [-0.05, 0) is 60.7 Å². The van der Waals surface area contributed by atoms with E-state index in [-0.39, 0.29) is 24.3 Å². The number of carbonyl (C=O) groups is 1. The number of nitrogens with zero attached hydrogens (tertiary/aromatic N) is 1. The van der Waals surface area contributed by atoms with Crippen LogP contribution in [0.25, 0.3) is 11.1 Å². The summed E-state index contributed by atoms with van der Waals surface area (Å²) in [5, 5.41) is 9.17. The average molecular weight is 502 g/mol. The highest BCUT2D eigenvalue weighted by Crippen LogP contribution is 2.42. The molecule has 0 bridgehead atoms. The molecule has 1 fully saturated rings. The number of aromatic nitrogens is 1. The van der Waals surface area contributed by atoms with E-state index >= 15 is 4.39 Å². The van der Waals surface area contributed by atoms with Crippen LogP contribution in [0.2, 0.25) is 0 Å². The summed E-state index contributed by atoms with van der Waals surface area (Å²) < 4.78 is 32.4. The van der Waals surface area contributed by atoms with Gasteiger partial charge in [0.05, 0.1) is 25.6 Å². The number of aliphatic carboxylic acids is 1. The van der Waals surface area contributed by atoms with Gasteiger partial charge in [0.15, 0.2) is 0 Å². The van der Waals surface area contributed by atoms with Crippen molar-refractivity contribution in [1.82, 2.24) is 4.98 Å². The van der Waals surface area contributed by atoms with Crippen molar-refractivity contribution >= 4 is 5.97 Å². The molecule has 1 aliphatic carbocycles. The summed E-state index contributed by atoms with van der Waals surface area (Å²) in [7, 11) is 0. The maximum absolute atomic E-state index is 15.0. The smallest absolute Gasteiger partial charge is 0.304 e. The van der Waals surface area contributed by atoms with Crippen LogP contribution in [0.15, 0.2) is 54.7 Å². The first kappa shape index (κ1) is 24.8. The molecule has 2 unspecified atom stereocenters. The van der Waals surface area contributed by atoms with E-state index in [1.54, 1.807) is 31.3 Å². The third-order valence-electron chi connectivity index (χ3n) is 6.76. The van der Waals surface area contributed by atoms with E-state index in [1.165, 1.54) is 6.07 Å². The van der Waals surface area contributed by atoms with Gasteiger partial charge >= 0.3 is 5.97 Å². The van der Waals surface area contributed by atoms with Gasteiger partial charge in [-0.15, -0.1) is 5.92 Å². The van der Waals surface area contributed by atoms with Crippen LogP contribution in [0.5, 0.6) is 11.6 Å². The number of hydrogen-bond acceptors (Lipinski definition) is 5. The monoisotopic (exact) mass is 501 g/mol. The van der Waals surface area contributed by atoms with Crippen molar-refractivity contribution in [3.05, 3.63) is 77.2 Å². The van der Waals surface area contributed by atoms with Crippen molar-refractivity contribution in [2.45, 2.75) is 50.7 Å². The molecule has 1 N–H and O–H groups in total. The maximum atomic E-state index is 15.0. The second-order valence-electron chi connectivity index (χ2n) is 9.23. The van der Waals surface area contributed by atoms with Crippen molar-refractivity contribution in [1.29, 1.82) is 0 Å². The van der Waals surface area contributed by atoms with Gasteiger partial charge < -0.3 is 19.3 Å². The molecule has 2 heterocycles. The fourth-order valence-electron chi connectivity index (χ4n) is 4.99. The summed E-state index contributed by atoms with van der Waals surface area (Å²) in [5.41, 5.74) is 4.16. The number of ether oxygens (including phenoxy) is 3. The van der Waals surface area contributed by atoms with Gasteiger partial charge in [-0.25, -0.2) is 9.37 Å². The third kappa shape index (κ3) is 5.60. The Hall–Kier alpha value is -3.89. The van der Waals surface area contributed by atoms with E-state index in [9.17, 15) is 4.79 Å². The fraction of sp³-hybridized carbons (Fsp3) is 0.333. The van der Waals surface area contributed by atoms with Gasteiger partial charge in [0.25, 0.3) is 0 Å². The molecule has 1 saturated heterocycles. The lowest BCUT2D eigenvalue weighted by molar-refractivity contribution is -0.137. The second-order valence-corrected chi connectivity index (χ2v) is 9.23. The summed E-state index contributed by atoms with van der Waals surface area (Å²) >= 11 is 0. The number of carboxylic acid groups (broad SMARTS) is 1. The third-order valence-corrected chi connectivity index (χ3v) is 6.76. The molecule has 7 heteroatoms. The molecule has 2 aromatic carbocycles. The predicted octanol–water partition coefficient (Wildman–Crippen LogP) is 5.70. The average Bonchev–Trinajstić information content (AvgIpc) is 3.56. The fourth-order valence-corrected chi connectivity index (χ4v) is 4.99. The quantitative estimate of drug-likeness (QED) is 0.399. The van der Waals surface area contributed by atoms with Gasteiger partial charge in [-0.2, -0.15) is 0 Å². The number of hydrogen-bond donors (Lipinski definition) is 1. The molecule has 2 aliphatic rings. The zero-order valence-corrected chi connectivity index (χ0v) is 20.6. The van der Waals surface area contributed by atoms with Gasteiger partial charge in [0.2, 0.25) is 5.88 Å². The highest BCUT2D eigenvalue weighted by molar-refractivity contribution is 5.70. The lowest BCUT2D eigenvalue weighted by Crippen LogP contribution is -2.16. The van der Waals surface area contributed by atoms with E-state index < -0.39 is 12.1 Å². The lowest BCUT2D eigenvalue weighted by Gasteiger charge is -2.17. The number of benzene rings is 2. The molecule has 3 atom stereocenters. The zero-order valence-electron chi connectivity index (χ0n) is 20.6. The Morgan fingerprint density at radius 1 is 1.16 bits per heavy atom. The van der Waals surface area contributed by atoms with Crippen LogP contribution in [0.4, 0.5) is 4.39 Å². The Kier molecular flexibility index (Phi) is 7.38. The number of halogens is 1. The van der Waals surface area contributed by atoms with E-state index in [0.717, 1.165) is 28.7 Å². The SMILES string of the molecule is CC#C[C@@H](CC(=O)O)c1ccc(OC2CCc3c(-c4ccc(OC5CCOC5)nc4)ccc(F)c32)cc1. The van der Waals surface area contributed by atoms with Crippen LogP contribution < -0.4 is 9.47 Å². The maximum Gasteiger partial charge on any atom is 0.304 e. The lowest BCUT2D eigenvalue weighted by atomic mass is 9.96. The molecule has 5 rings (SSSR count). The molecule has 0 spiro atoms. The minimum absolute atomic E-state index is 0.0306. The van der Waals surface area contributed by atoms with E-state index in [0.29, 0.717) is 43.2 Å². The summed E-state index contributed by atoms with van der Waals surface area (Å²) in [6.45, 7) is 2.97. The number of fused-ring (bicyclic) bond motifs is 1. The zero-order chi connectivity index (χ0) is 25.8. The van der Waals surface area contributed by atoms with E-state index in [4.69, 9.17) is 19.3 Å². The number of carboxylic acids is 1. The molecular weight excluding hydrogens is 473 g/mol. The normalized spacial score (nSPS) is 19.0. The first-order valence-corrected chi connectivity index (χ1v) is 12.4. The molecule has 0 amide bonds. The molecule has 37 heavy (non-hydrogen) atoms. The minimum Gasteiger partial charge on any atom is -0.486 e. The van der Waals surface area contributed by atoms with Crippen LogP contribution in [0.3, 0.4) is 0 Å². The topological polar surface area (TPSA) is 77.9 Å². The highest BCUT2D eigenvalue weighted by atomic mass is 19.1. The molecule has 190 valence electrons. The van der Waals surface area contributed by atoms with Crippen molar-refractivity contribution in [2.24, 2.45) is 0 Å². The first-order chi connectivity index (χ1) is 18.0. The molecular formula is C30H28FNO5. The van der Waals surface area contributed by atoms with E-state index in [2.05, 4.69) is 16.8 Å². The number of rotatable bonds is 8. The first-order valence-electron chi connectivity index (χ1n) is 12.4. The van der Waals surface area contributed by atoms with Crippen molar-refractivity contribution < 1.29 is 28.5 Å². The molecule has 1 aromatic heterocycles. The van der Waals surface area contributed by atoms with Crippen LogP contribution >= 0.6 is 0 Å². The summed E-state index contributed by atoms with van der Waals surface area (Å²) in [6.07, 6.45) is 3.52. The Morgan fingerprint density at radius 2 is 2.00 bits per heavy atom. The summed E-state index contributed by atoms with van der Waals surface area (Å²) in [6, 6.07) is 14.3. The second kappa shape index (κ2) is 11.0. The molecule has 1 aliphatic heterocycles. The summed E-state index contributed by atoms with van der Waals surface area (Å²) in [5.74, 6) is 5.32. The van der Waals surface area contributed by atoms with Crippen molar-refractivity contribution in [2.75, 3.05) is 13.2 Å². The van der Waals surface area contributed by atoms with E-state index in [1.807, 2.05) is 24.3 Å². The molecule has 3 aromatic rings. The Labute approximate surface area is 215 Å². The van der Waals surface area contributed by atoms with Gasteiger partial charge in [0.1, 0.15) is 23.8 Å². The van der Waals surface area contributed by atoms with Crippen LogP contribution in [-0.4, -0.2) is 35.4 Å². The van der Waals surface area contributed by atoms with Crippen LogP contribution in [0.1, 0.15) is 54.9 Å². The van der Waals surface area contributed by atoms with Crippen LogP contribution in [-0.2, 0) is 16.0 Å². The summed E-state index contributed by atoms with van der Waals surface area (Å²) in [4.78, 5) is 15.6. The van der Waals surface area contributed by atoms with Crippen LogP contribution in [0, 0.1) is 17.7 Å².